The molecule has 0 aromatic carbocycles. The van der Waals surface area contributed by atoms with Gasteiger partial charge in [-0.1, -0.05) is 6.07 Å². The monoisotopic (exact) mass is 308 g/mol. The highest BCUT2D eigenvalue weighted by atomic mass is 35.5. The van der Waals surface area contributed by atoms with Crippen molar-refractivity contribution in [1.82, 2.24) is 4.90 Å². The quantitative estimate of drug-likeness (QED) is 0.840. The normalized spacial score (nSPS) is 11.7. The Kier molecular flexibility index (Phi) is 9.54. The van der Waals surface area contributed by atoms with Crippen molar-refractivity contribution in [2.24, 2.45) is 5.73 Å². The number of carbonyl (C=O) groups is 1. The highest BCUT2D eigenvalue weighted by Crippen LogP contribution is 2.10. The van der Waals surface area contributed by atoms with Crippen molar-refractivity contribution in [3.8, 4) is 0 Å². The van der Waals surface area contributed by atoms with Crippen LogP contribution in [0.15, 0.2) is 17.5 Å². The molecule has 0 radical (unpaired) electrons. The second-order valence-corrected chi connectivity index (χ2v) is 5.99. The maximum Gasteiger partial charge on any atom is 0.239 e. The molecule has 1 rings (SSSR count). The molecular formula is C12H21ClN2OS2. The molecule has 0 saturated carbocycles. The van der Waals surface area contributed by atoms with E-state index >= 15 is 0 Å². The maximum absolute atomic E-state index is 11.9. The Hall–Kier alpha value is -0.230. The number of hydrogen-bond donors (Lipinski definition) is 1. The average Bonchev–Trinajstić information content (AvgIpc) is 2.85. The summed E-state index contributed by atoms with van der Waals surface area (Å²) in [6, 6.07) is 3.78. The SMILES string of the molecule is CSCC[C@H](N)C(=O)N(C)CCc1cccs1.Cl. The van der Waals surface area contributed by atoms with Gasteiger partial charge in [-0.25, -0.2) is 0 Å². The van der Waals surface area contributed by atoms with Crippen molar-refractivity contribution in [2.45, 2.75) is 18.9 Å². The van der Waals surface area contributed by atoms with Crippen LogP contribution in [0.5, 0.6) is 0 Å². The predicted octanol–water partition coefficient (Wildman–Crippen LogP) is 2.25. The highest BCUT2D eigenvalue weighted by Gasteiger charge is 2.17. The highest BCUT2D eigenvalue weighted by molar-refractivity contribution is 7.98. The number of rotatable bonds is 7. The van der Waals surface area contributed by atoms with Crippen LogP contribution in [0.4, 0.5) is 0 Å². The molecule has 18 heavy (non-hydrogen) atoms. The summed E-state index contributed by atoms with van der Waals surface area (Å²) < 4.78 is 0. The number of amides is 1. The summed E-state index contributed by atoms with van der Waals surface area (Å²) in [5.41, 5.74) is 5.85. The van der Waals surface area contributed by atoms with E-state index in [4.69, 9.17) is 5.73 Å². The molecule has 0 fully saturated rings. The van der Waals surface area contributed by atoms with E-state index < -0.39 is 0 Å². The van der Waals surface area contributed by atoms with Crippen LogP contribution in [0.1, 0.15) is 11.3 Å². The Morgan fingerprint density at radius 3 is 2.89 bits per heavy atom. The van der Waals surface area contributed by atoms with Crippen LogP contribution < -0.4 is 5.73 Å². The summed E-state index contributed by atoms with van der Waals surface area (Å²) in [4.78, 5) is 15.0. The van der Waals surface area contributed by atoms with Crippen molar-refractivity contribution >= 4 is 41.4 Å². The van der Waals surface area contributed by atoms with Crippen LogP contribution >= 0.6 is 35.5 Å². The molecule has 0 spiro atoms. The first-order valence-electron chi connectivity index (χ1n) is 5.67. The first kappa shape index (κ1) is 17.8. The topological polar surface area (TPSA) is 46.3 Å². The van der Waals surface area contributed by atoms with E-state index in [0.29, 0.717) is 0 Å². The van der Waals surface area contributed by atoms with Gasteiger partial charge in [0.25, 0.3) is 0 Å². The minimum Gasteiger partial charge on any atom is -0.344 e. The molecule has 0 bridgehead atoms. The summed E-state index contributed by atoms with van der Waals surface area (Å²) in [7, 11) is 1.83. The van der Waals surface area contributed by atoms with Crippen LogP contribution in [0.3, 0.4) is 0 Å². The lowest BCUT2D eigenvalue weighted by atomic mass is 10.2. The van der Waals surface area contributed by atoms with Gasteiger partial charge in [-0.05, 0) is 36.3 Å². The lowest BCUT2D eigenvalue weighted by Gasteiger charge is -2.20. The molecule has 1 amide bonds. The van der Waals surface area contributed by atoms with Gasteiger partial charge in [0.05, 0.1) is 6.04 Å². The third kappa shape index (κ3) is 6.09. The molecule has 0 saturated heterocycles. The van der Waals surface area contributed by atoms with Gasteiger partial charge in [-0.15, -0.1) is 23.7 Å². The molecule has 0 aliphatic carbocycles. The van der Waals surface area contributed by atoms with E-state index in [2.05, 4.69) is 11.4 Å². The summed E-state index contributed by atoms with van der Waals surface area (Å²) in [5, 5.41) is 2.06. The van der Waals surface area contributed by atoms with E-state index in [1.807, 2.05) is 19.4 Å². The fraction of sp³-hybridized carbons (Fsp3) is 0.583. The van der Waals surface area contributed by atoms with Crippen molar-refractivity contribution < 1.29 is 4.79 Å². The zero-order valence-electron chi connectivity index (χ0n) is 10.8. The van der Waals surface area contributed by atoms with Crippen LogP contribution in [-0.4, -0.2) is 42.4 Å². The smallest absolute Gasteiger partial charge is 0.239 e. The molecule has 104 valence electrons. The van der Waals surface area contributed by atoms with Crippen molar-refractivity contribution in [3.05, 3.63) is 22.4 Å². The summed E-state index contributed by atoms with van der Waals surface area (Å²) >= 11 is 3.45. The Labute approximate surface area is 124 Å². The lowest BCUT2D eigenvalue weighted by Crippen LogP contribution is -2.42. The standard InChI is InChI=1S/C12H20N2OS2.ClH/c1-14(7-5-10-4-3-8-17-10)12(15)11(13)6-9-16-2;/h3-4,8,11H,5-7,9,13H2,1-2H3;1H/t11-;/m0./s1. The minimum atomic E-state index is -0.351. The number of carbonyl (C=O) groups excluding carboxylic acids is 1. The predicted molar refractivity (Wildman–Crippen MR) is 83.9 cm³/mol. The molecule has 1 aromatic rings. The fourth-order valence-corrected chi connectivity index (χ4v) is 2.68. The Bertz CT molecular complexity index is 333. The largest absolute Gasteiger partial charge is 0.344 e. The minimum absolute atomic E-state index is 0. The molecule has 0 aliphatic rings. The first-order chi connectivity index (χ1) is 8.15. The fourth-order valence-electron chi connectivity index (χ4n) is 1.49. The van der Waals surface area contributed by atoms with Crippen LogP contribution in [-0.2, 0) is 11.2 Å². The van der Waals surface area contributed by atoms with Gasteiger partial charge < -0.3 is 10.6 Å². The number of nitrogens with two attached hydrogens (primary N) is 1. The Morgan fingerprint density at radius 2 is 2.33 bits per heavy atom. The number of hydrogen-bond acceptors (Lipinski definition) is 4. The molecule has 3 nitrogen and oxygen atoms in total. The number of halogens is 1. The van der Waals surface area contributed by atoms with Gasteiger partial charge >= 0.3 is 0 Å². The summed E-state index contributed by atoms with van der Waals surface area (Å²) in [6.45, 7) is 0.742. The Morgan fingerprint density at radius 1 is 1.61 bits per heavy atom. The molecule has 0 aliphatic heterocycles. The van der Waals surface area contributed by atoms with Gasteiger partial charge in [0.2, 0.25) is 5.91 Å². The van der Waals surface area contributed by atoms with Gasteiger partial charge in [-0.2, -0.15) is 11.8 Å². The molecule has 1 aromatic heterocycles. The van der Waals surface area contributed by atoms with Gasteiger partial charge in [0, 0.05) is 18.5 Å². The number of thioether (sulfide) groups is 1. The van der Waals surface area contributed by atoms with Crippen LogP contribution in [0.2, 0.25) is 0 Å². The average molecular weight is 309 g/mol. The second kappa shape index (κ2) is 9.67. The van der Waals surface area contributed by atoms with Gasteiger partial charge in [0.15, 0.2) is 0 Å². The Balaban J connectivity index is 0.00000289. The third-order valence-electron chi connectivity index (χ3n) is 2.60. The molecule has 1 atom stereocenters. The van der Waals surface area contributed by atoms with E-state index in [9.17, 15) is 4.79 Å². The molecule has 6 heteroatoms. The zero-order chi connectivity index (χ0) is 12.7. The van der Waals surface area contributed by atoms with Crippen molar-refractivity contribution in [3.63, 3.8) is 0 Å². The summed E-state index contributed by atoms with van der Waals surface area (Å²) in [5.74, 6) is 0.988. The molecule has 2 N–H and O–H groups in total. The number of nitrogens with zero attached hydrogens (tertiary/aromatic N) is 1. The van der Waals surface area contributed by atoms with E-state index in [1.54, 1.807) is 28.0 Å². The third-order valence-corrected chi connectivity index (χ3v) is 4.18. The number of thiophene rings is 1. The molecule has 0 unspecified atom stereocenters. The van der Waals surface area contributed by atoms with Crippen LogP contribution in [0.25, 0.3) is 0 Å². The number of likely N-dealkylation sites (N-methyl/N-ethyl adjacent to an activating group) is 1. The van der Waals surface area contributed by atoms with E-state index in [1.165, 1.54) is 4.88 Å². The van der Waals surface area contributed by atoms with E-state index in [0.717, 1.165) is 25.1 Å². The second-order valence-electron chi connectivity index (χ2n) is 3.98. The first-order valence-corrected chi connectivity index (χ1v) is 7.94. The molecule has 1 heterocycles. The molecular weight excluding hydrogens is 288 g/mol. The lowest BCUT2D eigenvalue weighted by molar-refractivity contribution is -0.131. The van der Waals surface area contributed by atoms with Crippen molar-refractivity contribution in [2.75, 3.05) is 25.6 Å². The van der Waals surface area contributed by atoms with E-state index in [-0.39, 0.29) is 24.4 Å². The van der Waals surface area contributed by atoms with Gasteiger partial charge in [-0.3, -0.25) is 4.79 Å². The van der Waals surface area contributed by atoms with Gasteiger partial charge in [0.1, 0.15) is 0 Å². The van der Waals surface area contributed by atoms with Crippen LogP contribution in [0, 0.1) is 0 Å². The zero-order valence-corrected chi connectivity index (χ0v) is 13.2. The maximum atomic E-state index is 11.9. The van der Waals surface area contributed by atoms with Crippen molar-refractivity contribution in [1.29, 1.82) is 0 Å². The summed E-state index contributed by atoms with van der Waals surface area (Å²) in [6.07, 6.45) is 3.69.